The molecule has 4 nitrogen and oxygen atoms in total. The fourth-order valence-electron chi connectivity index (χ4n) is 3.77. The number of fused-ring (bicyclic) bond motifs is 1. The normalized spacial score (nSPS) is 16.8. The van der Waals surface area contributed by atoms with Gasteiger partial charge in [-0.3, -0.25) is 0 Å². The van der Waals surface area contributed by atoms with Gasteiger partial charge in [-0.05, 0) is 55.0 Å². The van der Waals surface area contributed by atoms with Gasteiger partial charge in [0.1, 0.15) is 4.99 Å². The van der Waals surface area contributed by atoms with Gasteiger partial charge in [-0.25, -0.2) is 0 Å². The minimum absolute atomic E-state index is 0.0256. The molecule has 1 aliphatic heterocycles. The van der Waals surface area contributed by atoms with Crippen LogP contribution in [0.3, 0.4) is 0 Å². The maximum atomic E-state index is 9.38. The first-order valence-electron chi connectivity index (χ1n) is 9.09. The molecular formula is C21H23NO3S. The van der Waals surface area contributed by atoms with Crippen LogP contribution in [0, 0.1) is 0 Å². The zero-order valence-corrected chi connectivity index (χ0v) is 15.7. The maximum Gasteiger partial charge on any atom is 0.163 e. The van der Waals surface area contributed by atoms with E-state index in [0.717, 1.165) is 52.7 Å². The molecule has 1 saturated carbocycles. The van der Waals surface area contributed by atoms with Gasteiger partial charge < -0.3 is 19.5 Å². The summed E-state index contributed by atoms with van der Waals surface area (Å²) in [7, 11) is 1.67. The second kappa shape index (κ2) is 7.25. The molecule has 1 heterocycles. The van der Waals surface area contributed by atoms with Crippen LogP contribution >= 0.6 is 12.2 Å². The van der Waals surface area contributed by atoms with Crippen molar-refractivity contribution in [2.45, 2.75) is 44.9 Å². The van der Waals surface area contributed by atoms with Gasteiger partial charge in [-0.2, -0.15) is 0 Å². The molecule has 2 aliphatic rings. The lowest BCUT2D eigenvalue weighted by molar-refractivity contribution is 0.201. The Kier molecular flexibility index (Phi) is 4.83. The third-order valence-electron chi connectivity index (χ3n) is 5.22. The van der Waals surface area contributed by atoms with Gasteiger partial charge in [0.15, 0.2) is 11.5 Å². The van der Waals surface area contributed by atoms with Crippen LogP contribution < -0.4 is 14.4 Å². The molecule has 0 bridgehead atoms. The lowest BCUT2D eigenvalue weighted by atomic mass is 10.1. The van der Waals surface area contributed by atoms with Gasteiger partial charge in [-0.15, -0.1) is 0 Å². The molecule has 0 unspecified atom stereocenters. The van der Waals surface area contributed by atoms with Crippen molar-refractivity contribution in [3.05, 3.63) is 53.1 Å². The monoisotopic (exact) mass is 369 g/mol. The maximum absolute atomic E-state index is 9.38. The molecule has 0 radical (unpaired) electrons. The second-order valence-corrected chi connectivity index (χ2v) is 7.29. The molecule has 1 aliphatic carbocycles. The Labute approximate surface area is 159 Å². The fraction of sp³-hybridized carbons (Fsp3) is 0.381. The lowest BCUT2D eigenvalue weighted by Crippen LogP contribution is -2.22. The van der Waals surface area contributed by atoms with Crippen LogP contribution in [-0.4, -0.2) is 23.3 Å². The molecule has 1 fully saturated rings. The number of anilines is 1. The van der Waals surface area contributed by atoms with Crippen LogP contribution in [0.25, 0.3) is 0 Å². The molecule has 5 heteroatoms. The average molecular weight is 369 g/mol. The highest BCUT2D eigenvalue weighted by Gasteiger charge is 2.27. The van der Waals surface area contributed by atoms with Crippen LogP contribution in [0.2, 0.25) is 0 Å². The van der Waals surface area contributed by atoms with Crippen molar-refractivity contribution in [1.82, 2.24) is 0 Å². The SMILES string of the molecule is COc1ccc(N2Cc3ccc(CO)cc3C2=S)cc1OC1CCCC1. The Morgan fingerprint density at radius 2 is 1.92 bits per heavy atom. The van der Waals surface area contributed by atoms with E-state index in [1.165, 1.54) is 18.4 Å². The van der Waals surface area contributed by atoms with Gasteiger partial charge in [-0.1, -0.05) is 24.4 Å². The molecule has 2 aromatic carbocycles. The second-order valence-electron chi connectivity index (χ2n) is 6.90. The molecule has 0 aromatic heterocycles. The minimum atomic E-state index is 0.0256. The molecule has 136 valence electrons. The van der Waals surface area contributed by atoms with E-state index >= 15 is 0 Å². The Morgan fingerprint density at radius 1 is 1.12 bits per heavy atom. The van der Waals surface area contributed by atoms with E-state index in [1.54, 1.807) is 7.11 Å². The number of hydrogen-bond acceptors (Lipinski definition) is 4. The number of ether oxygens (including phenoxy) is 2. The predicted octanol–water partition coefficient (Wildman–Crippen LogP) is 4.20. The highest BCUT2D eigenvalue weighted by molar-refractivity contribution is 7.81. The minimum Gasteiger partial charge on any atom is -0.493 e. The van der Waals surface area contributed by atoms with Crippen molar-refractivity contribution < 1.29 is 14.6 Å². The van der Waals surface area contributed by atoms with Crippen LogP contribution in [0.1, 0.15) is 42.4 Å². The number of nitrogens with zero attached hydrogens (tertiary/aromatic N) is 1. The number of benzene rings is 2. The van der Waals surface area contributed by atoms with Crippen molar-refractivity contribution in [2.24, 2.45) is 0 Å². The Morgan fingerprint density at radius 3 is 2.65 bits per heavy atom. The van der Waals surface area contributed by atoms with E-state index in [-0.39, 0.29) is 12.7 Å². The van der Waals surface area contributed by atoms with E-state index in [1.807, 2.05) is 36.4 Å². The average Bonchev–Trinajstić information content (AvgIpc) is 3.29. The first-order valence-corrected chi connectivity index (χ1v) is 9.49. The third-order valence-corrected chi connectivity index (χ3v) is 5.66. The molecule has 26 heavy (non-hydrogen) atoms. The highest BCUT2D eigenvalue weighted by Crippen LogP contribution is 2.37. The highest BCUT2D eigenvalue weighted by atomic mass is 32.1. The smallest absolute Gasteiger partial charge is 0.163 e. The predicted molar refractivity (Wildman–Crippen MR) is 106 cm³/mol. The van der Waals surface area contributed by atoms with Gasteiger partial charge in [0.05, 0.1) is 19.8 Å². The molecule has 0 amide bonds. The topological polar surface area (TPSA) is 41.9 Å². The zero-order valence-electron chi connectivity index (χ0n) is 14.9. The number of methoxy groups -OCH3 is 1. The van der Waals surface area contributed by atoms with Crippen molar-refractivity contribution in [3.63, 3.8) is 0 Å². The van der Waals surface area contributed by atoms with Crippen molar-refractivity contribution in [2.75, 3.05) is 12.0 Å². The zero-order chi connectivity index (χ0) is 18.1. The number of aliphatic hydroxyl groups is 1. The van der Waals surface area contributed by atoms with Crippen molar-refractivity contribution >= 4 is 22.9 Å². The van der Waals surface area contributed by atoms with Crippen LogP contribution in [0.4, 0.5) is 5.69 Å². The van der Waals surface area contributed by atoms with Gasteiger partial charge >= 0.3 is 0 Å². The number of rotatable bonds is 5. The van der Waals surface area contributed by atoms with Crippen molar-refractivity contribution in [3.8, 4) is 11.5 Å². The summed E-state index contributed by atoms with van der Waals surface area (Å²) in [4.78, 5) is 2.90. The molecule has 0 spiro atoms. The van der Waals surface area contributed by atoms with E-state index in [2.05, 4.69) is 4.90 Å². The Bertz CT molecular complexity index is 830. The molecule has 0 atom stereocenters. The summed E-state index contributed by atoms with van der Waals surface area (Å²) in [6.07, 6.45) is 4.93. The molecular weight excluding hydrogens is 346 g/mol. The number of aliphatic hydroxyl groups excluding tert-OH is 1. The van der Waals surface area contributed by atoms with E-state index < -0.39 is 0 Å². The molecule has 0 saturated heterocycles. The summed E-state index contributed by atoms with van der Waals surface area (Å²) in [6.45, 7) is 0.757. The molecule has 2 aromatic rings. The summed E-state index contributed by atoms with van der Waals surface area (Å²) < 4.78 is 11.7. The third kappa shape index (κ3) is 3.17. The quantitative estimate of drug-likeness (QED) is 0.800. The molecule has 1 N–H and O–H groups in total. The van der Waals surface area contributed by atoms with Crippen molar-refractivity contribution in [1.29, 1.82) is 0 Å². The standard InChI is InChI=1S/C21H23NO3S/c1-24-19-9-8-16(11-20(19)25-17-4-2-3-5-17)22-12-15-7-6-14(13-23)10-18(15)21(22)26/h6-11,17,23H,2-5,12-13H2,1H3. The summed E-state index contributed by atoms with van der Waals surface area (Å²) >= 11 is 5.71. The largest absolute Gasteiger partial charge is 0.493 e. The van der Waals surface area contributed by atoms with E-state index in [0.29, 0.717) is 0 Å². The fourth-order valence-corrected chi connectivity index (χ4v) is 4.13. The van der Waals surface area contributed by atoms with E-state index in [9.17, 15) is 5.11 Å². The number of thiocarbonyl (C=S) groups is 1. The van der Waals surface area contributed by atoms with Crippen LogP contribution in [0.5, 0.6) is 11.5 Å². The summed E-state index contributed by atoms with van der Waals surface area (Å²) in [5, 5.41) is 9.38. The summed E-state index contributed by atoms with van der Waals surface area (Å²) in [5.41, 5.74) is 4.10. The van der Waals surface area contributed by atoms with Gasteiger partial charge in [0, 0.05) is 23.9 Å². The first-order chi connectivity index (χ1) is 12.7. The van der Waals surface area contributed by atoms with Gasteiger partial charge in [0.2, 0.25) is 0 Å². The number of hydrogen-bond donors (Lipinski definition) is 1. The Balaban J connectivity index is 1.62. The van der Waals surface area contributed by atoms with E-state index in [4.69, 9.17) is 21.7 Å². The lowest BCUT2D eigenvalue weighted by Gasteiger charge is -2.22. The summed E-state index contributed by atoms with van der Waals surface area (Å²) in [5.74, 6) is 1.54. The van der Waals surface area contributed by atoms with Gasteiger partial charge in [0.25, 0.3) is 0 Å². The summed E-state index contributed by atoms with van der Waals surface area (Å²) in [6, 6.07) is 12.0. The van der Waals surface area contributed by atoms with Crippen LogP contribution in [-0.2, 0) is 13.2 Å². The molecule has 4 rings (SSSR count). The first kappa shape index (κ1) is 17.3. The van der Waals surface area contributed by atoms with Crippen LogP contribution in [0.15, 0.2) is 36.4 Å². The Hall–Kier alpha value is -2.11.